The average Bonchev–Trinajstić information content (AvgIpc) is 2.72. The van der Waals surface area contributed by atoms with Crippen LogP contribution in [-0.4, -0.2) is 29.2 Å². The van der Waals surface area contributed by atoms with Gasteiger partial charge in [-0.1, -0.05) is 39.0 Å². The van der Waals surface area contributed by atoms with E-state index in [0.29, 0.717) is 5.69 Å². The molecule has 0 radical (unpaired) electrons. The van der Waals surface area contributed by atoms with Gasteiger partial charge in [0.15, 0.2) is 0 Å². The molecule has 1 aromatic rings. The van der Waals surface area contributed by atoms with E-state index in [1.54, 1.807) is 12.1 Å². The standard InChI is InChI=1S/C19H24N2O3/c1-18(2)14-9-11-19(18,3)17(24)21(16(14)23)12-10-15(22)20-13-7-5-4-6-8-13/h4-8,14H,9-12H2,1-3H3,(H,20,22). The highest BCUT2D eigenvalue weighted by Gasteiger charge is 2.64. The van der Waals surface area contributed by atoms with E-state index in [0.717, 1.165) is 12.8 Å². The molecule has 3 amide bonds. The van der Waals surface area contributed by atoms with E-state index in [1.807, 2.05) is 39.0 Å². The number of amides is 3. The normalized spacial score (nSPS) is 28.1. The van der Waals surface area contributed by atoms with Crippen LogP contribution in [0.15, 0.2) is 30.3 Å². The Labute approximate surface area is 142 Å². The average molecular weight is 328 g/mol. The van der Waals surface area contributed by atoms with Crippen molar-refractivity contribution in [1.29, 1.82) is 0 Å². The van der Waals surface area contributed by atoms with Gasteiger partial charge in [-0.2, -0.15) is 0 Å². The number of nitrogens with zero attached hydrogens (tertiary/aromatic N) is 1. The molecule has 2 aliphatic rings. The number of hydrogen-bond acceptors (Lipinski definition) is 3. The molecule has 1 aliphatic carbocycles. The maximum absolute atomic E-state index is 12.9. The molecule has 24 heavy (non-hydrogen) atoms. The summed E-state index contributed by atoms with van der Waals surface area (Å²) in [6, 6.07) is 9.17. The number of nitrogens with one attached hydrogen (secondary N) is 1. The second kappa shape index (κ2) is 5.72. The molecule has 0 aromatic heterocycles. The van der Waals surface area contributed by atoms with E-state index in [4.69, 9.17) is 0 Å². The molecule has 1 saturated carbocycles. The van der Waals surface area contributed by atoms with Gasteiger partial charge in [0.1, 0.15) is 0 Å². The summed E-state index contributed by atoms with van der Waals surface area (Å²) in [5.74, 6) is -0.562. The van der Waals surface area contributed by atoms with Crippen molar-refractivity contribution in [3.63, 3.8) is 0 Å². The summed E-state index contributed by atoms with van der Waals surface area (Å²) < 4.78 is 0. The minimum Gasteiger partial charge on any atom is -0.326 e. The smallest absolute Gasteiger partial charge is 0.235 e. The summed E-state index contributed by atoms with van der Waals surface area (Å²) in [6.45, 7) is 6.14. The van der Waals surface area contributed by atoms with Crippen molar-refractivity contribution < 1.29 is 14.4 Å². The van der Waals surface area contributed by atoms with E-state index < -0.39 is 5.41 Å². The summed E-state index contributed by atoms with van der Waals surface area (Å²) in [5.41, 5.74) is -0.113. The number of anilines is 1. The number of piperidine rings is 1. The number of rotatable bonds is 4. The Bertz CT molecular complexity index is 683. The van der Waals surface area contributed by atoms with Crippen LogP contribution >= 0.6 is 0 Å². The van der Waals surface area contributed by atoms with E-state index in [-0.39, 0.29) is 42.0 Å². The van der Waals surface area contributed by atoms with Crippen molar-refractivity contribution >= 4 is 23.4 Å². The van der Waals surface area contributed by atoms with Crippen LogP contribution in [-0.2, 0) is 14.4 Å². The Morgan fingerprint density at radius 2 is 1.88 bits per heavy atom. The molecule has 128 valence electrons. The summed E-state index contributed by atoms with van der Waals surface area (Å²) in [7, 11) is 0. The molecule has 2 fully saturated rings. The predicted octanol–water partition coefficient (Wildman–Crippen LogP) is 2.83. The second-order valence-electron chi connectivity index (χ2n) is 7.60. The highest BCUT2D eigenvalue weighted by atomic mass is 16.2. The van der Waals surface area contributed by atoms with Gasteiger partial charge in [0, 0.05) is 24.6 Å². The van der Waals surface area contributed by atoms with Gasteiger partial charge in [0.25, 0.3) is 0 Å². The van der Waals surface area contributed by atoms with Gasteiger partial charge in [0.05, 0.1) is 5.41 Å². The van der Waals surface area contributed by atoms with Crippen LogP contribution in [0.3, 0.4) is 0 Å². The Balaban J connectivity index is 1.67. The lowest BCUT2D eigenvalue weighted by Crippen LogP contribution is -2.59. The maximum atomic E-state index is 12.9. The third kappa shape index (κ3) is 2.43. The van der Waals surface area contributed by atoms with Crippen molar-refractivity contribution in [2.24, 2.45) is 16.7 Å². The molecule has 1 heterocycles. The van der Waals surface area contributed by atoms with Gasteiger partial charge in [0.2, 0.25) is 17.7 Å². The van der Waals surface area contributed by atoms with Crippen LogP contribution in [0, 0.1) is 16.7 Å². The third-order valence-corrected chi connectivity index (χ3v) is 6.13. The van der Waals surface area contributed by atoms with Crippen LogP contribution < -0.4 is 5.32 Å². The summed E-state index contributed by atoms with van der Waals surface area (Å²) in [5, 5.41) is 2.79. The van der Waals surface area contributed by atoms with Crippen molar-refractivity contribution in [2.75, 3.05) is 11.9 Å². The van der Waals surface area contributed by atoms with Crippen molar-refractivity contribution in [3.8, 4) is 0 Å². The minimum absolute atomic E-state index is 0.118. The van der Waals surface area contributed by atoms with Gasteiger partial charge in [-0.05, 0) is 30.4 Å². The number of fused-ring (bicyclic) bond motifs is 2. The van der Waals surface area contributed by atoms with E-state index in [2.05, 4.69) is 5.32 Å². The molecule has 3 rings (SSSR count). The molecule has 1 saturated heterocycles. The molecule has 1 N–H and O–H groups in total. The lowest BCUT2D eigenvalue weighted by atomic mass is 9.62. The van der Waals surface area contributed by atoms with Crippen LogP contribution in [0.4, 0.5) is 5.69 Å². The fourth-order valence-corrected chi connectivity index (χ4v) is 4.07. The monoisotopic (exact) mass is 328 g/mol. The Hall–Kier alpha value is -2.17. The highest BCUT2D eigenvalue weighted by molar-refractivity contribution is 6.04. The van der Waals surface area contributed by atoms with Crippen molar-refractivity contribution in [2.45, 2.75) is 40.0 Å². The summed E-state index contributed by atoms with van der Waals surface area (Å²) >= 11 is 0. The fraction of sp³-hybridized carbons (Fsp3) is 0.526. The minimum atomic E-state index is -0.512. The molecule has 2 atom stereocenters. The largest absolute Gasteiger partial charge is 0.326 e. The summed E-state index contributed by atoms with van der Waals surface area (Å²) in [6.07, 6.45) is 1.61. The summed E-state index contributed by atoms with van der Waals surface area (Å²) in [4.78, 5) is 39.0. The van der Waals surface area contributed by atoms with Crippen molar-refractivity contribution in [3.05, 3.63) is 30.3 Å². The van der Waals surface area contributed by atoms with Crippen LogP contribution in [0.5, 0.6) is 0 Å². The molecule has 5 nitrogen and oxygen atoms in total. The highest BCUT2D eigenvalue weighted by Crippen LogP contribution is 2.59. The lowest BCUT2D eigenvalue weighted by Gasteiger charge is -2.47. The zero-order valence-electron chi connectivity index (χ0n) is 14.5. The van der Waals surface area contributed by atoms with Gasteiger partial charge in [-0.25, -0.2) is 0 Å². The van der Waals surface area contributed by atoms with Crippen LogP contribution in [0.2, 0.25) is 0 Å². The predicted molar refractivity (Wildman–Crippen MR) is 91.0 cm³/mol. The van der Waals surface area contributed by atoms with Crippen LogP contribution in [0.25, 0.3) is 0 Å². The van der Waals surface area contributed by atoms with E-state index in [9.17, 15) is 14.4 Å². The number of carbonyl (C=O) groups is 3. The molecule has 1 aromatic carbocycles. The van der Waals surface area contributed by atoms with E-state index in [1.165, 1.54) is 4.90 Å². The number of imide groups is 1. The Morgan fingerprint density at radius 3 is 2.54 bits per heavy atom. The quantitative estimate of drug-likeness (QED) is 0.864. The SMILES string of the molecule is CC12CCC(C(=O)N(CCC(=O)Nc3ccccc3)C1=O)C2(C)C. The first kappa shape index (κ1) is 16.7. The number of para-hydroxylation sites is 1. The molecular formula is C19H24N2O3. The molecule has 2 unspecified atom stereocenters. The molecule has 2 bridgehead atoms. The number of hydrogen-bond donors (Lipinski definition) is 1. The zero-order valence-corrected chi connectivity index (χ0v) is 14.5. The van der Waals surface area contributed by atoms with Gasteiger partial charge in [-0.15, -0.1) is 0 Å². The molecule has 1 aliphatic heterocycles. The number of benzene rings is 1. The number of carbonyl (C=O) groups excluding carboxylic acids is 3. The first-order chi connectivity index (χ1) is 11.3. The van der Waals surface area contributed by atoms with Gasteiger partial charge in [-0.3, -0.25) is 19.3 Å². The van der Waals surface area contributed by atoms with Gasteiger partial charge >= 0.3 is 0 Å². The number of likely N-dealkylation sites (tertiary alicyclic amines) is 1. The lowest BCUT2D eigenvalue weighted by molar-refractivity contribution is -0.167. The fourth-order valence-electron chi connectivity index (χ4n) is 4.07. The Morgan fingerprint density at radius 1 is 1.21 bits per heavy atom. The first-order valence-corrected chi connectivity index (χ1v) is 8.48. The first-order valence-electron chi connectivity index (χ1n) is 8.48. The Kier molecular flexibility index (Phi) is 3.98. The molecule has 5 heteroatoms. The third-order valence-electron chi connectivity index (χ3n) is 6.13. The van der Waals surface area contributed by atoms with Crippen molar-refractivity contribution in [1.82, 2.24) is 4.90 Å². The van der Waals surface area contributed by atoms with E-state index >= 15 is 0 Å². The second-order valence-corrected chi connectivity index (χ2v) is 7.60. The molecular weight excluding hydrogens is 304 g/mol. The molecule has 0 spiro atoms. The topological polar surface area (TPSA) is 66.5 Å². The maximum Gasteiger partial charge on any atom is 0.235 e. The zero-order chi connectivity index (χ0) is 17.5. The van der Waals surface area contributed by atoms with Gasteiger partial charge < -0.3 is 5.32 Å². The van der Waals surface area contributed by atoms with Crippen LogP contribution in [0.1, 0.15) is 40.0 Å².